The van der Waals surface area contributed by atoms with E-state index in [1.165, 1.54) is 0 Å². The third-order valence-corrected chi connectivity index (χ3v) is 4.35. The van der Waals surface area contributed by atoms with Crippen LogP contribution in [0.1, 0.15) is 47.5 Å². The Hall–Kier alpha value is -0.860. The molecule has 1 heterocycles. The first-order chi connectivity index (χ1) is 7.63. The molecule has 0 N–H and O–H groups in total. The van der Waals surface area contributed by atoms with Crippen LogP contribution in [0.25, 0.3) is 0 Å². The monoisotopic (exact) mass is 238 g/mol. The molecular formula is C14H22O3. The van der Waals surface area contributed by atoms with Crippen molar-refractivity contribution >= 4 is 11.9 Å². The highest BCUT2D eigenvalue weighted by molar-refractivity contribution is 5.96. The second-order valence-electron chi connectivity index (χ2n) is 7.32. The van der Waals surface area contributed by atoms with Crippen molar-refractivity contribution in [2.75, 3.05) is 0 Å². The fourth-order valence-corrected chi connectivity index (χ4v) is 3.01. The van der Waals surface area contributed by atoms with Crippen molar-refractivity contribution < 1.29 is 14.3 Å². The normalized spacial score (nSPS) is 35.9. The minimum Gasteiger partial charge on any atom is -0.393 e. The van der Waals surface area contributed by atoms with Gasteiger partial charge < -0.3 is 4.74 Å². The number of hydrogen-bond donors (Lipinski definition) is 0. The molecule has 3 atom stereocenters. The third kappa shape index (κ3) is 2.24. The molecule has 0 amide bonds. The van der Waals surface area contributed by atoms with Crippen molar-refractivity contribution in [2.24, 2.45) is 28.6 Å². The van der Waals surface area contributed by atoms with Crippen LogP contribution in [0.15, 0.2) is 0 Å². The van der Waals surface area contributed by atoms with Gasteiger partial charge in [-0.05, 0) is 29.6 Å². The SMILES string of the molecule is CC(C)(C)C1C(=O)OC(=O)C1CC1CC1(C)C. The maximum atomic E-state index is 11.8. The summed E-state index contributed by atoms with van der Waals surface area (Å²) < 4.78 is 4.83. The summed E-state index contributed by atoms with van der Waals surface area (Å²) in [5.41, 5.74) is 0.140. The zero-order valence-electron chi connectivity index (χ0n) is 11.4. The van der Waals surface area contributed by atoms with Crippen LogP contribution >= 0.6 is 0 Å². The van der Waals surface area contributed by atoms with E-state index >= 15 is 0 Å². The van der Waals surface area contributed by atoms with Crippen LogP contribution in [-0.4, -0.2) is 11.9 Å². The van der Waals surface area contributed by atoms with Crippen LogP contribution in [0.5, 0.6) is 0 Å². The van der Waals surface area contributed by atoms with Crippen LogP contribution in [0.2, 0.25) is 0 Å². The van der Waals surface area contributed by atoms with Crippen molar-refractivity contribution in [1.82, 2.24) is 0 Å². The van der Waals surface area contributed by atoms with Gasteiger partial charge in [0.1, 0.15) is 0 Å². The summed E-state index contributed by atoms with van der Waals surface area (Å²) in [6, 6.07) is 0. The van der Waals surface area contributed by atoms with E-state index in [1.54, 1.807) is 0 Å². The number of carbonyl (C=O) groups is 2. The molecule has 0 aromatic heterocycles. The zero-order chi connectivity index (χ0) is 13.0. The molecule has 2 aliphatic rings. The molecule has 17 heavy (non-hydrogen) atoms. The molecule has 1 saturated carbocycles. The summed E-state index contributed by atoms with van der Waals surface area (Å²) in [5, 5.41) is 0. The molecule has 3 nitrogen and oxygen atoms in total. The molecule has 3 unspecified atom stereocenters. The quantitative estimate of drug-likeness (QED) is 0.549. The third-order valence-electron chi connectivity index (χ3n) is 4.35. The van der Waals surface area contributed by atoms with Gasteiger partial charge in [-0.25, -0.2) is 0 Å². The first kappa shape index (κ1) is 12.6. The fraction of sp³-hybridized carbons (Fsp3) is 0.857. The number of hydrogen-bond acceptors (Lipinski definition) is 3. The minimum atomic E-state index is -0.328. The summed E-state index contributed by atoms with van der Waals surface area (Å²) in [5.74, 6) is -0.569. The average Bonchev–Trinajstić information content (AvgIpc) is 2.57. The smallest absolute Gasteiger partial charge is 0.318 e. The van der Waals surface area contributed by atoms with Crippen LogP contribution in [0.4, 0.5) is 0 Å². The Labute approximate surface area is 103 Å². The Balaban J connectivity index is 2.13. The molecule has 3 heteroatoms. The van der Waals surface area contributed by atoms with Crippen LogP contribution in [0.3, 0.4) is 0 Å². The van der Waals surface area contributed by atoms with E-state index in [1.807, 2.05) is 20.8 Å². The van der Waals surface area contributed by atoms with Crippen molar-refractivity contribution in [3.8, 4) is 0 Å². The first-order valence-corrected chi connectivity index (χ1v) is 6.38. The van der Waals surface area contributed by atoms with Gasteiger partial charge in [0.05, 0.1) is 11.8 Å². The molecular weight excluding hydrogens is 216 g/mol. The lowest BCUT2D eigenvalue weighted by Gasteiger charge is -2.27. The molecule has 2 fully saturated rings. The van der Waals surface area contributed by atoms with Gasteiger partial charge in [-0.3, -0.25) is 9.59 Å². The molecule has 1 aliphatic carbocycles. The average molecular weight is 238 g/mol. The number of cyclic esters (lactones) is 2. The Morgan fingerprint density at radius 3 is 2.18 bits per heavy atom. The lowest BCUT2D eigenvalue weighted by Crippen LogP contribution is -2.31. The number of carbonyl (C=O) groups excluding carboxylic acids is 2. The molecule has 1 aliphatic heterocycles. The zero-order valence-corrected chi connectivity index (χ0v) is 11.4. The topological polar surface area (TPSA) is 43.4 Å². The molecule has 0 aromatic carbocycles. The molecule has 96 valence electrons. The maximum Gasteiger partial charge on any atom is 0.318 e. The Bertz CT molecular complexity index is 362. The molecule has 1 saturated heterocycles. The summed E-state index contributed by atoms with van der Waals surface area (Å²) >= 11 is 0. The van der Waals surface area contributed by atoms with Crippen molar-refractivity contribution in [1.29, 1.82) is 0 Å². The van der Waals surface area contributed by atoms with E-state index in [9.17, 15) is 9.59 Å². The maximum absolute atomic E-state index is 11.8. The van der Waals surface area contributed by atoms with Gasteiger partial charge in [0.2, 0.25) is 0 Å². The summed E-state index contributed by atoms with van der Waals surface area (Å²) in [6.07, 6.45) is 1.96. The van der Waals surface area contributed by atoms with E-state index in [2.05, 4.69) is 13.8 Å². The molecule has 0 bridgehead atoms. The summed E-state index contributed by atoms with van der Waals surface area (Å²) in [6.45, 7) is 10.4. The standard InChI is InChI=1S/C14H22O3/c1-13(2,3)10-9(11(15)17-12(10)16)6-8-7-14(8,4)5/h8-10H,6-7H2,1-5H3. The van der Waals surface area contributed by atoms with Crippen LogP contribution in [-0.2, 0) is 14.3 Å². The number of rotatable bonds is 2. The van der Waals surface area contributed by atoms with Gasteiger partial charge in [0.15, 0.2) is 0 Å². The van der Waals surface area contributed by atoms with Crippen LogP contribution in [0, 0.1) is 28.6 Å². The molecule has 2 rings (SSSR count). The van der Waals surface area contributed by atoms with Crippen molar-refractivity contribution in [3.05, 3.63) is 0 Å². The number of esters is 2. The largest absolute Gasteiger partial charge is 0.393 e. The second kappa shape index (κ2) is 3.56. The highest BCUT2D eigenvalue weighted by Gasteiger charge is 2.55. The van der Waals surface area contributed by atoms with Gasteiger partial charge in [-0.15, -0.1) is 0 Å². The van der Waals surface area contributed by atoms with Gasteiger partial charge in [-0.1, -0.05) is 34.6 Å². The summed E-state index contributed by atoms with van der Waals surface area (Å²) in [4.78, 5) is 23.5. The minimum absolute atomic E-state index is 0.201. The summed E-state index contributed by atoms with van der Waals surface area (Å²) in [7, 11) is 0. The molecule has 0 spiro atoms. The van der Waals surface area contributed by atoms with E-state index in [0.29, 0.717) is 11.3 Å². The Kier molecular flexibility index (Phi) is 2.64. The molecule has 0 radical (unpaired) electrons. The predicted octanol–water partition coefficient (Wildman–Crippen LogP) is 2.78. The highest BCUT2D eigenvalue weighted by Crippen LogP contribution is 2.56. The number of ether oxygens (including phenoxy) is 1. The van der Waals surface area contributed by atoms with E-state index < -0.39 is 0 Å². The lowest BCUT2D eigenvalue weighted by atomic mass is 9.72. The highest BCUT2D eigenvalue weighted by atomic mass is 16.6. The molecule has 0 aromatic rings. The van der Waals surface area contributed by atoms with Gasteiger partial charge in [-0.2, -0.15) is 0 Å². The second-order valence-corrected chi connectivity index (χ2v) is 7.32. The van der Waals surface area contributed by atoms with Gasteiger partial charge in [0.25, 0.3) is 0 Å². The first-order valence-electron chi connectivity index (χ1n) is 6.38. The Morgan fingerprint density at radius 2 is 1.76 bits per heavy atom. The Morgan fingerprint density at radius 1 is 1.24 bits per heavy atom. The van der Waals surface area contributed by atoms with E-state index in [-0.39, 0.29) is 29.2 Å². The van der Waals surface area contributed by atoms with Gasteiger partial charge in [0, 0.05) is 0 Å². The van der Waals surface area contributed by atoms with Crippen LogP contribution < -0.4 is 0 Å². The van der Waals surface area contributed by atoms with Crippen molar-refractivity contribution in [3.63, 3.8) is 0 Å². The van der Waals surface area contributed by atoms with Gasteiger partial charge >= 0.3 is 11.9 Å². The van der Waals surface area contributed by atoms with E-state index in [0.717, 1.165) is 12.8 Å². The predicted molar refractivity (Wildman–Crippen MR) is 64.0 cm³/mol. The van der Waals surface area contributed by atoms with Crippen molar-refractivity contribution in [2.45, 2.75) is 47.5 Å². The fourth-order valence-electron chi connectivity index (χ4n) is 3.01. The van der Waals surface area contributed by atoms with E-state index in [4.69, 9.17) is 4.74 Å². The lowest BCUT2D eigenvalue weighted by molar-refractivity contribution is -0.154.